The molecule has 90 valence electrons. The van der Waals surface area contributed by atoms with Crippen LogP contribution in [-0.4, -0.2) is 26.2 Å². The Bertz CT molecular complexity index is 294. The maximum Gasteiger partial charge on any atom is 0.0394 e. The van der Waals surface area contributed by atoms with Crippen LogP contribution in [0.1, 0.15) is 11.1 Å². The third kappa shape index (κ3) is 3.72. The van der Waals surface area contributed by atoms with Gasteiger partial charge in [0.15, 0.2) is 0 Å². The molecule has 0 aliphatic carbocycles. The van der Waals surface area contributed by atoms with Gasteiger partial charge in [0.25, 0.3) is 0 Å². The van der Waals surface area contributed by atoms with Crippen LogP contribution in [0.25, 0.3) is 0 Å². The van der Waals surface area contributed by atoms with Crippen LogP contribution in [-0.2, 0) is 0 Å². The van der Waals surface area contributed by atoms with Gasteiger partial charge in [0.05, 0.1) is 0 Å². The van der Waals surface area contributed by atoms with Crippen molar-refractivity contribution >= 4 is 11.4 Å². The molecule has 1 aromatic carbocycles. The fourth-order valence-electron chi connectivity index (χ4n) is 1.48. The molecule has 1 heterocycles. The summed E-state index contributed by atoms with van der Waals surface area (Å²) in [7, 11) is 0. The van der Waals surface area contributed by atoms with E-state index in [0.717, 1.165) is 48.7 Å². The van der Waals surface area contributed by atoms with E-state index in [9.17, 15) is 0 Å². The Balaban J connectivity index is 0.000000181. The first-order chi connectivity index (χ1) is 7.63. The summed E-state index contributed by atoms with van der Waals surface area (Å²) in [4.78, 5) is 0. The lowest BCUT2D eigenvalue weighted by molar-refractivity contribution is 0.534. The van der Waals surface area contributed by atoms with E-state index in [2.05, 4.69) is 10.6 Å². The molecule has 0 saturated carbocycles. The van der Waals surface area contributed by atoms with Gasteiger partial charge in [-0.05, 0) is 31.0 Å². The minimum Gasteiger partial charge on any atom is -0.398 e. The average Bonchev–Trinajstić information content (AvgIpc) is 2.35. The quantitative estimate of drug-likeness (QED) is 0.486. The van der Waals surface area contributed by atoms with Gasteiger partial charge in [-0.25, -0.2) is 0 Å². The lowest BCUT2D eigenvalue weighted by Crippen LogP contribution is -2.39. The predicted molar refractivity (Wildman–Crippen MR) is 70.5 cm³/mol. The zero-order valence-electron chi connectivity index (χ0n) is 10.1. The van der Waals surface area contributed by atoms with Crippen molar-refractivity contribution in [3.8, 4) is 0 Å². The smallest absolute Gasteiger partial charge is 0.0394 e. The molecule has 0 spiro atoms. The number of benzene rings is 1. The second-order valence-corrected chi connectivity index (χ2v) is 4.01. The second kappa shape index (κ2) is 6.35. The summed E-state index contributed by atoms with van der Waals surface area (Å²) in [5, 5.41) is 6.44. The lowest BCUT2D eigenvalue weighted by Gasteiger charge is -2.11. The molecule has 0 atom stereocenters. The number of nitrogens with two attached hydrogens (primary N) is 2. The molecule has 4 heteroatoms. The maximum absolute atomic E-state index is 5.70. The van der Waals surface area contributed by atoms with Crippen LogP contribution in [0.15, 0.2) is 12.1 Å². The molecule has 0 radical (unpaired) electrons. The molecule has 1 fully saturated rings. The van der Waals surface area contributed by atoms with Crippen molar-refractivity contribution in [2.75, 3.05) is 37.6 Å². The van der Waals surface area contributed by atoms with Gasteiger partial charge in [0, 0.05) is 37.6 Å². The first-order valence-electron chi connectivity index (χ1n) is 5.65. The van der Waals surface area contributed by atoms with Crippen LogP contribution in [0.5, 0.6) is 0 Å². The number of piperazine rings is 1. The standard InChI is InChI=1S/C8H12N2.C4H10N2/c1-5-3-4-7(9)6(2)8(5)10;1-2-6-4-3-5-1/h3-4H,9-10H2,1-2H3;5-6H,1-4H2. The van der Waals surface area contributed by atoms with E-state index in [1.165, 1.54) is 0 Å². The Morgan fingerprint density at radius 3 is 1.81 bits per heavy atom. The van der Waals surface area contributed by atoms with Gasteiger partial charge >= 0.3 is 0 Å². The van der Waals surface area contributed by atoms with E-state index in [1.807, 2.05) is 26.0 Å². The van der Waals surface area contributed by atoms with Crippen LogP contribution in [0, 0.1) is 13.8 Å². The minimum atomic E-state index is 0.767. The van der Waals surface area contributed by atoms with Crippen molar-refractivity contribution < 1.29 is 0 Å². The number of hydrogen-bond acceptors (Lipinski definition) is 4. The highest BCUT2D eigenvalue weighted by Gasteiger charge is 1.99. The van der Waals surface area contributed by atoms with Crippen LogP contribution < -0.4 is 22.1 Å². The van der Waals surface area contributed by atoms with Gasteiger partial charge in [-0.1, -0.05) is 6.07 Å². The topological polar surface area (TPSA) is 76.1 Å². The van der Waals surface area contributed by atoms with Crippen LogP contribution in [0.4, 0.5) is 11.4 Å². The number of aryl methyl sites for hydroxylation is 1. The summed E-state index contributed by atoms with van der Waals surface area (Å²) in [6.45, 7) is 8.46. The first kappa shape index (κ1) is 12.8. The normalized spacial score (nSPS) is 15.1. The highest BCUT2D eigenvalue weighted by molar-refractivity contribution is 5.64. The van der Waals surface area contributed by atoms with E-state index >= 15 is 0 Å². The van der Waals surface area contributed by atoms with Crippen molar-refractivity contribution in [1.82, 2.24) is 10.6 Å². The van der Waals surface area contributed by atoms with Gasteiger partial charge in [-0.2, -0.15) is 0 Å². The highest BCUT2D eigenvalue weighted by Crippen LogP contribution is 2.21. The van der Waals surface area contributed by atoms with Gasteiger partial charge in [-0.15, -0.1) is 0 Å². The third-order valence-electron chi connectivity index (χ3n) is 2.73. The Labute approximate surface area is 97.4 Å². The van der Waals surface area contributed by atoms with E-state index in [-0.39, 0.29) is 0 Å². The summed E-state index contributed by atoms with van der Waals surface area (Å²) in [6, 6.07) is 3.80. The largest absolute Gasteiger partial charge is 0.398 e. The molecule has 1 aliphatic heterocycles. The molecule has 0 bridgehead atoms. The number of nitrogens with one attached hydrogen (secondary N) is 2. The summed E-state index contributed by atoms with van der Waals surface area (Å²) < 4.78 is 0. The minimum absolute atomic E-state index is 0.767. The summed E-state index contributed by atoms with van der Waals surface area (Å²) in [6.07, 6.45) is 0. The van der Waals surface area contributed by atoms with Gasteiger partial charge < -0.3 is 22.1 Å². The van der Waals surface area contributed by atoms with Crippen LogP contribution in [0.3, 0.4) is 0 Å². The predicted octanol–water partition coefficient (Wildman–Crippen LogP) is 0.647. The average molecular weight is 222 g/mol. The molecular weight excluding hydrogens is 200 g/mol. The maximum atomic E-state index is 5.70. The van der Waals surface area contributed by atoms with Crippen molar-refractivity contribution in [2.24, 2.45) is 0 Å². The van der Waals surface area contributed by atoms with Crippen LogP contribution >= 0.6 is 0 Å². The van der Waals surface area contributed by atoms with Gasteiger partial charge in [-0.3, -0.25) is 0 Å². The Morgan fingerprint density at radius 2 is 1.44 bits per heavy atom. The molecule has 16 heavy (non-hydrogen) atoms. The number of rotatable bonds is 0. The number of hydrogen-bond donors (Lipinski definition) is 4. The zero-order valence-corrected chi connectivity index (χ0v) is 10.1. The van der Waals surface area contributed by atoms with Gasteiger partial charge in [0.2, 0.25) is 0 Å². The molecule has 1 saturated heterocycles. The molecule has 1 aromatic rings. The van der Waals surface area contributed by atoms with Crippen molar-refractivity contribution in [3.63, 3.8) is 0 Å². The summed E-state index contributed by atoms with van der Waals surface area (Å²) >= 11 is 0. The fraction of sp³-hybridized carbons (Fsp3) is 0.500. The summed E-state index contributed by atoms with van der Waals surface area (Å²) in [5.74, 6) is 0. The third-order valence-corrected chi connectivity index (χ3v) is 2.73. The number of nitrogen functional groups attached to an aromatic ring is 2. The Kier molecular flexibility index (Phi) is 5.08. The van der Waals surface area contributed by atoms with E-state index in [0.29, 0.717) is 0 Å². The second-order valence-electron chi connectivity index (χ2n) is 4.01. The highest BCUT2D eigenvalue weighted by atomic mass is 15.0. The summed E-state index contributed by atoms with van der Waals surface area (Å²) in [5.41, 5.74) is 15.0. The Hall–Kier alpha value is -1.26. The fourth-order valence-corrected chi connectivity index (χ4v) is 1.48. The SMILES string of the molecule is C1CNCCN1.Cc1ccc(N)c(C)c1N. The lowest BCUT2D eigenvalue weighted by atomic mass is 10.1. The molecule has 0 aromatic heterocycles. The van der Waals surface area contributed by atoms with Crippen molar-refractivity contribution in [3.05, 3.63) is 23.3 Å². The first-order valence-corrected chi connectivity index (χ1v) is 5.65. The van der Waals surface area contributed by atoms with Crippen molar-refractivity contribution in [2.45, 2.75) is 13.8 Å². The molecule has 0 unspecified atom stereocenters. The zero-order chi connectivity index (χ0) is 12.0. The van der Waals surface area contributed by atoms with E-state index < -0.39 is 0 Å². The molecular formula is C12H22N4. The molecule has 0 amide bonds. The molecule has 1 aliphatic rings. The number of anilines is 2. The van der Waals surface area contributed by atoms with E-state index in [1.54, 1.807) is 0 Å². The van der Waals surface area contributed by atoms with Crippen LogP contribution in [0.2, 0.25) is 0 Å². The van der Waals surface area contributed by atoms with Gasteiger partial charge in [0.1, 0.15) is 0 Å². The monoisotopic (exact) mass is 222 g/mol. The molecule has 4 nitrogen and oxygen atoms in total. The molecule has 2 rings (SSSR count). The van der Waals surface area contributed by atoms with Crippen molar-refractivity contribution in [1.29, 1.82) is 0 Å². The van der Waals surface area contributed by atoms with E-state index in [4.69, 9.17) is 11.5 Å². The Morgan fingerprint density at radius 1 is 0.938 bits per heavy atom. The molecule has 6 N–H and O–H groups in total.